The zero-order chi connectivity index (χ0) is 24.4. The second-order valence-electron chi connectivity index (χ2n) is 9.48. The largest absolute Gasteiger partial charge is 0.494 e. The van der Waals surface area contributed by atoms with Gasteiger partial charge in [0.2, 0.25) is 10.0 Å². The maximum absolute atomic E-state index is 13.0. The summed E-state index contributed by atoms with van der Waals surface area (Å²) >= 11 is 0. The van der Waals surface area contributed by atoms with Crippen LogP contribution in [0.25, 0.3) is 0 Å². The van der Waals surface area contributed by atoms with Crippen LogP contribution in [0, 0.1) is 5.41 Å². The molecular weight excluding hydrogens is 450 g/mol. The number of ether oxygens (including phenoxy) is 1. The summed E-state index contributed by atoms with van der Waals surface area (Å²) in [6, 6.07) is 14.3. The molecule has 2 N–H and O–H groups in total. The molecule has 0 aliphatic heterocycles. The predicted molar refractivity (Wildman–Crippen MR) is 134 cm³/mol. The highest BCUT2D eigenvalue weighted by Gasteiger charge is 2.35. The van der Waals surface area contributed by atoms with Gasteiger partial charge in [-0.1, -0.05) is 63.3 Å². The van der Waals surface area contributed by atoms with Gasteiger partial charge in [-0.3, -0.25) is 4.79 Å². The van der Waals surface area contributed by atoms with Gasteiger partial charge < -0.3 is 9.84 Å². The van der Waals surface area contributed by atoms with E-state index >= 15 is 0 Å². The summed E-state index contributed by atoms with van der Waals surface area (Å²) in [7, 11) is -3.62. The predicted octanol–water partition coefficient (Wildman–Crippen LogP) is 5.35. The number of rotatable bonds is 14. The van der Waals surface area contributed by atoms with Gasteiger partial charge in [0.1, 0.15) is 5.75 Å². The number of carboxylic acids is 1. The summed E-state index contributed by atoms with van der Waals surface area (Å²) in [5, 5.41) is 8.96. The summed E-state index contributed by atoms with van der Waals surface area (Å²) in [6.45, 7) is 3.20. The van der Waals surface area contributed by atoms with Crippen LogP contribution in [0.5, 0.6) is 5.75 Å². The zero-order valence-electron chi connectivity index (χ0n) is 20.1. The van der Waals surface area contributed by atoms with Crippen LogP contribution in [0.15, 0.2) is 53.4 Å². The van der Waals surface area contributed by atoms with E-state index in [0.717, 1.165) is 56.1 Å². The Labute approximate surface area is 203 Å². The van der Waals surface area contributed by atoms with Crippen LogP contribution in [-0.2, 0) is 27.7 Å². The lowest BCUT2D eigenvalue weighted by Gasteiger charge is -2.29. The van der Waals surface area contributed by atoms with Gasteiger partial charge in [0.05, 0.1) is 17.9 Å². The van der Waals surface area contributed by atoms with Crippen molar-refractivity contribution >= 4 is 16.0 Å². The van der Waals surface area contributed by atoms with Gasteiger partial charge in [0.25, 0.3) is 0 Å². The first-order valence-electron chi connectivity index (χ1n) is 12.3. The van der Waals surface area contributed by atoms with Gasteiger partial charge in [-0.15, -0.1) is 0 Å². The molecule has 0 heterocycles. The Kier molecular flexibility index (Phi) is 9.54. The quantitative estimate of drug-likeness (QED) is 0.350. The molecular formula is C27H37NO5S. The van der Waals surface area contributed by atoms with Crippen LogP contribution in [0.3, 0.4) is 0 Å². The Balaban J connectivity index is 1.58. The maximum Gasteiger partial charge on any atom is 0.307 e. The molecule has 0 bridgehead atoms. The first kappa shape index (κ1) is 26.2. The summed E-state index contributed by atoms with van der Waals surface area (Å²) in [4.78, 5) is 11.2. The number of nitrogens with one attached hydrogen (secondary N) is 1. The van der Waals surface area contributed by atoms with Crippen LogP contribution < -0.4 is 9.46 Å². The van der Waals surface area contributed by atoms with E-state index in [-0.39, 0.29) is 16.7 Å². The number of unbranched alkanes of at least 4 members (excludes halogenated alkanes) is 3. The number of benzene rings is 2. The SMILES string of the molecule is CCCCCCOc1ccc(S(=O)(=O)NCC2(Cc3ccc(CC(=O)O)cc3)CCCC2)cc1. The molecule has 0 unspecified atom stereocenters. The van der Waals surface area contributed by atoms with Crippen molar-refractivity contribution in [2.24, 2.45) is 5.41 Å². The van der Waals surface area contributed by atoms with Crippen molar-refractivity contribution in [2.45, 2.75) is 76.0 Å². The third kappa shape index (κ3) is 7.84. The van der Waals surface area contributed by atoms with Crippen molar-refractivity contribution in [2.75, 3.05) is 13.2 Å². The summed E-state index contributed by atoms with van der Waals surface area (Å²) in [6.07, 6.45) is 9.41. The molecule has 1 saturated carbocycles. The molecule has 2 aromatic carbocycles. The highest BCUT2D eigenvalue weighted by molar-refractivity contribution is 7.89. The molecule has 0 radical (unpaired) electrons. The van der Waals surface area contributed by atoms with Gasteiger partial charge in [0, 0.05) is 6.54 Å². The number of carbonyl (C=O) groups is 1. The lowest BCUT2D eigenvalue weighted by molar-refractivity contribution is -0.136. The molecule has 2 aromatic rings. The first-order valence-corrected chi connectivity index (χ1v) is 13.8. The lowest BCUT2D eigenvalue weighted by atomic mass is 9.80. The van der Waals surface area contributed by atoms with Crippen molar-refractivity contribution in [1.29, 1.82) is 0 Å². The van der Waals surface area contributed by atoms with Gasteiger partial charge in [-0.25, -0.2) is 13.1 Å². The van der Waals surface area contributed by atoms with E-state index < -0.39 is 16.0 Å². The summed E-state index contributed by atoms with van der Waals surface area (Å²) < 4.78 is 34.5. The smallest absolute Gasteiger partial charge is 0.307 e. The Morgan fingerprint density at radius 3 is 2.24 bits per heavy atom. The highest BCUT2D eigenvalue weighted by atomic mass is 32.2. The van der Waals surface area contributed by atoms with Crippen molar-refractivity contribution < 1.29 is 23.1 Å². The molecule has 1 aliphatic rings. The molecule has 0 saturated heterocycles. The number of sulfonamides is 1. The molecule has 1 aliphatic carbocycles. The first-order chi connectivity index (χ1) is 16.3. The monoisotopic (exact) mass is 487 g/mol. The van der Waals surface area contributed by atoms with Crippen molar-refractivity contribution in [3.63, 3.8) is 0 Å². The molecule has 6 nitrogen and oxygen atoms in total. The average Bonchev–Trinajstić information content (AvgIpc) is 3.28. The van der Waals surface area contributed by atoms with Gasteiger partial charge in [-0.2, -0.15) is 0 Å². The topological polar surface area (TPSA) is 92.7 Å². The van der Waals surface area contributed by atoms with Crippen LogP contribution >= 0.6 is 0 Å². The fourth-order valence-electron chi connectivity index (χ4n) is 4.69. The van der Waals surface area contributed by atoms with Crippen molar-refractivity contribution in [3.8, 4) is 5.75 Å². The highest BCUT2D eigenvalue weighted by Crippen LogP contribution is 2.41. The van der Waals surface area contributed by atoms with E-state index in [1.54, 1.807) is 24.3 Å². The van der Waals surface area contributed by atoms with E-state index in [1.807, 2.05) is 24.3 Å². The van der Waals surface area contributed by atoms with Crippen LogP contribution in [-0.4, -0.2) is 32.6 Å². The van der Waals surface area contributed by atoms with E-state index in [1.165, 1.54) is 12.8 Å². The van der Waals surface area contributed by atoms with Crippen LogP contribution in [0.1, 0.15) is 69.4 Å². The summed E-state index contributed by atoms with van der Waals surface area (Å²) in [5.74, 6) is -0.157. The zero-order valence-corrected chi connectivity index (χ0v) is 20.9. The normalized spacial score (nSPS) is 15.3. The third-order valence-corrected chi connectivity index (χ3v) is 8.08. The molecule has 1 fully saturated rings. The van der Waals surface area contributed by atoms with Crippen molar-refractivity contribution in [1.82, 2.24) is 4.72 Å². The maximum atomic E-state index is 13.0. The fraction of sp³-hybridized carbons (Fsp3) is 0.519. The van der Waals surface area contributed by atoms with E-state index in [9.17, 15) is 13.2 Å². The van der Waals surface area contributed by atoms with E-state index in [4.69, 9.17) is 9.84 Å². The Hall–Kier alpha value is -2.38. The Morgan fingerprint density at radius 1 is 0.971 bits per heavy atom. The molecule has 7 heteroatoms. The standard InChI is InChI=1S/C27H37NO5S/c1-2-3-4-7-18-33-24-12-14-25(15-13-24)34(31,32)28-21-27(16-5-6-17-27)20-23-10-8-22(9-11-23)19-26(29)30/h8-15,28H,2-7,16-21H2,1H3,(H,29,30). The van der Waals surface area contributed by atoms with Crippen molar-refractivity contribution in [3.05, 3.63) is 59.7 Å². The minimum absolute atomic E-state index is 0.00785. The minimum atomic E-state index is -3.62. The molecule has 3 rings (SSSR count). The average molecular weight is 488 g/mol. The molecule has 0 aromatic heterocycles. The Bertz CT molecular complexity index is 1010. The number of hydrogen-bond donors (Lipinski definition) is 2. The molecule has 186 valence electrons. The van der Waals surface area contributed by atoms with Crippen LogP contribution in [0.4, 0.5) is 0 Å². The minimum Gasteiger partial charge on any atom is -0.494 e. The summed E-state index contributed by atoms with van der Waals surface area (Å²) in [5.41, 5.74) is 1.75. The lowest BCUT2D eigenvalue weighted by Crippen LogP contribution is -2.37. The van der Waals surface area contributed by atoms with E-state index in [0.29, 0.717) is 18.9 Å². The van der Waals surface area contributed by atoms with Gasteiger partial charge in [0.15, 0.2) is 0 Å². The van der Waals surface area contributed by atoms with E-state index in [2.05, 4.69) is 11.6 Å². The molecule has 0 spiro atoms. The number of carboxylic acid groups (broad SMARTS) is 1. The molecule has 0 amide bonds. The second kappa shape index (κ2) is 12.4. The molecule has 34 heavy (non-hydrogen) atoms. The van der Waals surface area contributed by atoms with Gasteiger partial charge in [-0.05, 0) is 66.5 Å². The second-order valence-corrected chi connectivity index (χ2v) is 11.2. The third-order valence-electron chi connectivity index (χ3n) is 6.66. The number of aliphatic carboxylic acids is 1. The van der Waals surface area contributed by atoms with Gasteiger partial charge >= 0.3 is 5.97 Å². The number of hydrogen-bond acceptors (Lipinski definition) is 4. The Morgan fingerprint density at radius 2 is 1.62 bits per heavy atom. The van der Waals surface area contributed by atoms with Crippen LogP contribution in [0.2, 0.25) is 0 Å². The fourth-order valence-corrected chi connectivity index (χ4v) is 5.85. The molecule has 0 atom stereocenters.